The molecule has 146 valence electrons. The van der Waals surface area contributed by atoms with Crippen molar-refractivity contribution < 1.29 is 0 Å². The van der Waals surface area contributed by atoms with Crippen LogP contribution in [0.4, 0.5) is 0 Å². The number of rotatable bonds is 7. The molecule has 2 N–H and O–H groups in total. The number of allylic oxidation sites excluding steroid dienone is 2. The summed E-state index contributed by atoms with van der Waals surface area (Å²) in [7, 11) is 0. The highest BCUT2D eigenvalue weighted by Gasteiger charge is 2.17. The lowest BCUT2D eigenvalue weighted by Crippen LogP contribution is -2.35. The molecule has 0 spiro atoms. The van der Waals surface area contributed by atoms with Gasteiger partial charge in [-0.05, 0) is 67.1 Å². The molecule has 4 nitrogen and oxygen atoms in total. The van der Waals surface area contributed by atoms with E-state index in [1.807, 2.05) is 24.7 Å². The highest BCUT2D eigenvalue weighted by Crippen LogP contribution is 2.23. The maximum atomic E-state index is 5.69. The Morgan fingerprint density at radius 1 is 1.32 bits per heavy atom. The van der Waals surface area contributed by atoms with E-state index in [4.69, 9.17) is 10.7 Å². The topological polar surface area (TPSA) is 54.5 Å². The van der Waals surface area contributed by atoms with E-state index in [-0.39, 0.29) is 6.17 Å². The van der Waals surface area contributed by atoms with Gasteiger partial charge in [-0.2, -0.15) is 0 Å². The Morgan fingerprint density at radius 3 is 2.89 bits per heavy atom. The van der Waals surface area contributed by atoms with E-state index in [1.54, 1.807) is 0 Å². The average molecular weight is 375 g/mol. The van der Waals surface area contributed by atoms with Crippen LogP contribution in [0.5, 0.6) is 0 Å². The Balaban J connectivity index is 1.64. The summed E-state index contributed by atoms with van der Waals surface area (Å²) in [5, 5.41) is 0. The summed E-state index contributed by atoms with van der Waals surface area (Å²) in [6, 6.07) is 12.7. The molecule has 1 aliphatic heterocycles. The molecule has 0 amide bonds. The van der Waals surface area contributed by atoms with Crippen molar-refractivity contribution in [3.8, 4) is 0 Å². The predicted molar refractivity (Wildman–Crippen MR) is 119 cm³/mol. The lowest BCUT2D eigenvalue weighted by Gasteiger charge is -2.29. The molecule has 3 rings (SSSR count). The number of pyridine rings is 1. The summed E-state index contributed by atoms with van der Waals surface area (Å²) in [5.41, 5.74) is 11.9. The van der Waals surface area contributed by atoms with Gasteiger partial charge in [0.15, 0.2) is 0 Å². The first-order chi connectivity index (χ1) is 13.7. The maximum absolute atomic E-state index is 5.69. The van der Waals surface area contributed by atoms with E-state index in [0.29, 0.717) is 6.54 Å². The van der Waals surface area contributed by atoms with Crippen molar-refractivity contribution in [2.45, 2.75) is 32.9 Å². The monoisotopic (exact) mass is 374 g/mol. The van der Waals surface area contributed by atoms with Crippen LogP contribution in [0, 0.1) is 0 Å². The molecule has 0 saturated heterocycles. The molecule has 1 aromatic carbocycles. The fourth-order valence-corrected chi connectivity index (χ4v) is 3.51. The van der Waals surface area contributed by atoms with Crippen molar-refractivity contribution in [2.24, 2.45) is 10.7 Å². The maximum Gasteiger partial charge on any atom is 0.0993 e. The quantitative estimate of drug-likeness (QED) is 0.739. The third-order valence-corrected chi connectivity index (χ3v) is 5.24. The second-order valence-corrected chi connectivity index (χ2v) is 7.11. The minimum absolute atomic E-state index is 0.147. The van der Waals surface area contributed by atoms with Crippen molar-refractivity contribution in [1.29, 1.82) is 0 Å². The molecule has 0 saturated carbocycles. The fraction of sp³-hybridized carbons (Fsp3) is 0.333. The summed E-state index contributed by atoms with van der Waals surface area (Å²) in [6.45, 7) is 6.82. The first kappa shape index (κ1) is 20.2. The minimum Gasteiger partial charge on any atom is -0.330 e. The van der Waals surface area contributed by atoms with Crippen molar-refractivity contribution in [2.75, 3.05) is 19.6 Å². The van der Waals surface area contributed by atoms with E-state index in [9.17, 15) is 0 Å². The van der Waals surface area contributed by atoms with Gasteiger partial charge >= 0.3 is 0 Å². The third kappa shape index (κ3) is 5.24. The van der Waals surface area contributed by atoms with Crippen LogP contribution >= 0.6 is 0 Å². The molecule has 1 atom stereocenters. The molecular formula is C24H30N4. The van der Waals surface area contributed by atoms with Crippen LogP contribution < -0.4 is 5.73 Å². The van der Waals surface area contributed by atoms with Crippen LogP contribution in [-0.4, -0.2) is 41.9 Å². The third-order valence-electron chi connectivity index (χ3n) is 5.24. The normalized spacial score (nSPS) is 17.0. The number of hydrogen-bond acceptors (Lipinski definition) is 4. The van der Waals surface area contributed by atoms with E-state index in [1.165, 1.54) is 22.3 Å². The zero-order valence-electron chi connectivity index (χ0n) is 16.9. The molecule has 0 bridgehead atoms. The van der Waals surface area contributed by atoms with E-state index < -0.39 is 0 Å². The lowest BCUT2D eigenvalue weighted by molar-refractivity contribution is 0.238. The minimum atomic E-state index is 0.147. The van der Waals surface area contributed by atoms with Gasteiger partial charge in [0.05, 0.1) is 6.17 Å². The highest BCUT2D eigenvalue weighted by molar-refractivity contribution is 6.09. The molecule has 4 heteroatoms. The van der Waals surface area contributed by atoms with Gasteiger partial charge in [0.1, 0.15) is 0 Å². The Kier molecular flexibility index (Phi) is 7.29. The number of nitrogens with two attached hydrogens (primary N) is 1. The number of nitrogens with zero attached hydrogens (tertiary/aromatic N) is 3. The van der Waals surface area contributed by atoms with Crippen molar-refractivity contribution in [1.82, 2.24) is 9.88 Å². The van der Waals surface area contributed by atoms with Gasteiger partial charge in [0.25, 0.3) is 0 Å². The van der Waals surface area contributed by atoms with E-state index in [0.717, 1.165) is 31.5 Å². The Labute approximate surface area is 168 Å². The zero-order chi connectivity index (χ0) is 19.8. The molecule has 1 unspecified atom stereocenters. The molecule has 0 radical (unpaired) electrons. The molecule has 1 aromatic heterocycles. The molecular weight excluding hydrogens is 344 g/mol. The van der Waals surface area contributed by atoms with Gasteiger partial charge in [-0.15, -0.1) is 0 Å². The largest absolute Gasteiger partial charge is 0.330 e. The van der Waals surface area contributed by atoms with Crippen molar-refractivity contribution in [3.05, 3.63) is 77.6 Å². The summed E-state index contributed by atoms with van der Waals surface area (Å²) in [5.74, 6) is 0. The number of benzene rings is 1. The van der Waals surface area contributed by atoms with Gasteiger partial charge in [-0.25, -0.2) is 0 Å². The molecule has 2 aromatic rings. The Hall–Kier alpha value is -2.56. The molecule has 0 aliphatic carbocycles. The molecule has 0 fully saturated rings. The van der Waals surface area contributed by atoms with E-state index >= 15 is 0 Å². The van der Waals surface area contributed by atoms with Crippen molar-refractivity contribution >= 4 is 17.4 Å². The number of aromatic nitrogens is 1. The second kappa shape index (κ2) is 10.1. The fourth-order valence-electron chi connectivity index (χ4n) is 3.51. The van der Waals surface area contributed by atoms with Crippen LogP contribution in [0.3, 0.4) is 0 Å². The molecule has 1 aliphatic rings. The average Bonchev–Trinajstić information content (AvgIpc) is 2.75. The zero-order valence-corrected chi connectivity index (χ0v) is 16.9. The first-order valence-corrected chi connectivity index (χ1v) is 10.0. The second-order valence-electron chi connectivity index (χ2n) is 7.11. The van der Waals surface area contributed by atoms with Crippen LogP contribution in [0.1, 0.15) is 37.0 Å². The van der Waals surface area contributed by atoms with Gasteiger partial charge in [-0.1, -0.05) is 42.5 Å². The Morgan fingerprint density at radius 2 is 2.21 bits per heavy atom. The van der Waals surface area contributed by atoms with Gasteiger partial charge < -0.3 is 5.73 Å². The SMILES string of the molecule is C/C=C(\C=N/C(C)N1CC=C(c2cccnc2)CC1)c1cccc(CCN)c1. The number of aliphatic imine (C=N–C) groups is 1. The van der Waals surface area contributed by atoms with Crippen LogP contribution in [0.25, 0.3) is 11.1 Å². The van der Waals surface area contributed by atoms with Gasteiger partial charge in [0, 0.05) is 31.7 Å². The first-order valence-electron chi connectivity index (χ1n) is 10.0. The van der Waals surface area contributed by atoms with Gasteiger partial charge in [-0.3, -0.25) is 14.9 Å². The summed E-state index contributed by atoms with van der Waals surface area (Å²) in [4.78, 5) is 11.5. The van der Waals surface area contributed by atoms with Crippen LogP contribution in [0.2, 0.25) is 0 Å². The van der Waals surface area contributed by atoms with Gasteiger partial charge in [0.2, 0.25) is 0 Å². The smallest absolute Gasteiger partial charge is 0.0993 e. The number of hydrogen-bond donors (Lipinski definition) is 1. The predicted octanol–water partition coefficient (Wildman–Crippen LogP) is 4.19. The van der Waals surface area contributed by atoms with Crippen LogP contribution in [0.15, 0.2) is 65.9 Å². The standard InChI is InChI=1S/C24H30N4/c1-3-21(23-7-4-6-20(16-23)9-12-25)18-27-19(2)28-14-10-22(11-15-28)24-8-5-13-26-17-24/h3-8,10,13,16-19H,9,11-12,14-15,25H2,1-2H3/b21-3+,27-18-. The highest BCUT2D eigenvalue weighted by atomic mass is 15.2. The molecule has 2 heterocycles. The summed E-state index contributed by atoms with van der Waals surface area (Å²) >= 11 is 0. The van der Waals surface area contributed by atoms with Crippen LogP contribution in [-0.2, 0) is 6.42 Å². The van der Waals surface area contributed by atoms with E-state index in [2.05, 4.69) is 66.2 Å². The summed E-state index contributed by atoms with van der Waals surface area (Å²) in [6.07, 6.45) is 12.3. The molecule has 28 heavy (non-hydrogen) atoms. The summed E-state index contributed by atoms with van der Waals surface area (Å²) < 4.78 is 0. The Bertz CT molecular complexity index is 852. The van der Waals surface area contributed by atoms with Crippen molar-refractivity contribution in [3.63, 3.8) is 0 Å². The lowest BCUT2D eigenvalue weighted by atomic mass is 10.0.